The Bertz CT molecular complexity index is 1280. The number of carbonyl (C=O) groups is 1. The maximum atomic E-state index is 13.2. The van der Waals surface area contributed by atoms with E-state index in [4.69, 9.17) is 11.6 Å². The van der Waals surface area contributed by atoms with Gasteiger partial charge in [-0.2, -0.15) is 18.2 Å². The van der Waals surface area contributed by atoms with E-state index in [1.165, 1.54) is 5.56 Å². The smallest absolute Gasteiger partial charge is 0.449 e. The van der Waals surface area contributed by atoms with E-state index in [9.17, 15) is 26.7 Å². The number of nitrogens with two attached hydrogens (primary N) is 2. The van der Waals surface area contributed by atoms with E-state index in [0.717, 1.165) is 48.9 Å². The third-order valence-electron chi connectivity index (χ3n) is 6.53. The molecule has 1 amide bonds. The summed E-state index contributed by atoms with van der Waals surface area (Å²) >= 11 is 7.99. The monoisotopic (exact) mass is 621 g/mol. The van der Waals surface area contributed by atoms with Crippen molar-refractivity contribution in [3.63, 3.8) is 0 Å². The summed E-state index contributed by atoms with van der Waals surface area (Å²) in [7, 11) is 0. The van der Waals surface area contributed by atoms with E-state index < -0.39 is 28.2 Å². The predicted octanol–water partition coefficient (Wildman–Crippen LogP) is 3.71. The molecule has 2 aromatic carbocycles. The minimum Gasteiger partial charge on any atom is -0.768 e. The highest BCUT2D eigenvalue weighted by molar-refractivity contribution is 7.80. The van der Waals surface area contributed by atoms with Crippen molar-refractivity contribution >= 4 is 63.1 Å². The fraction of sp³-hybridized carbons (Fsp3) is 0.400. The number of anilines is 2. The number of thiocarbonyl (C=S) groups is 1. The van der Waals surface area contributed by atoms with Gasteiger partial charge in [-0.3, -0.25) is 9.00 Å². The number of carbonyl (C=O) groups excluding carboxylic acids is 1. The van der Waals surface area contributed by atoms with Gasteiger partial charge in [0.2, 0.25) is 11.7 Å². The second-order valence-corrected chi connectivity index (χ2v) is 10.9. The lowest BCUT2D eigenvalue weighted by atomic mass is 10.00. The average Bonchev–Trinajstić information content (AvgIpc) is 2.91. The van der Waals surface area contributed by atoms with Crippen molar-refractivity contribution in [2.45, 2.75) is 36.9 Å². The zero-order valence-corrected chi connectivity index (χ0v) is 24.0. The molecule has 40 heavy (non-hydrogen) atoms. The molecule has 1 unspecified atom stereocenters. The molecule has 4 N–H and O–H groups in total. The lowest BCUT2D eigenvalue weighted by molar-refractivity contribution is -0.132. The van der Waals surface area contributed by atoms with Crippen LogP contribution in [0.25, 0.3) is 0 Å². The lowest BCUT2D eigenvalue weighted by Crippen LogP contribution is -2.55. The summed E-state index contributed by atoms with van der Waals surface area (Å²) in [5, 5.41) is 0.107. The average molecular weight is 622 g/mol. The van der Waals surface area contributed by atoms with Crippen LogP contribution in [0.3, 0.4) is 0 Å². The fourth-order valence-electron chi connectivity index (χ4n) is 4.53. The maximum absolute atomic E-state index is 13.2. The number of fused-ring (bicyclic) bond motifs is 1. The first-order chi connectivity index (χ1) is 18.8. The number of hydrogen-bond donors (Lipinski definition) is 2. The zero-order valence-electron chi connectivity index (χ0n) is 21.6. The second kappa shape index (κ2) is 13.6. The highest BCUT2D eigenvalue weighted by Gasteiger charge is 2.33. The summed E-state index contributed by atoms with van der Waals surface area (Å²) in [6.45, 7) is 5.61. The van der Waals surface area contributed by atoms with Gasteiger partial charge in [-0.1, -0.05) is 11.6 Å². The van der Waals surface area contributed by atoms with Crippen LogP contribution in [0, 0.1) is 0 Å². The first-order valence-electron chi connectivity index (χ1n) is 12.3. The summed E-state index contributed by atoms with van der Waals surface area (Å²) in [5.74, 6) is -1.38. The van der Waals surface area contributed by atoms with Crippen LogP contribution in [0.2, 0.25) is 5.02 Å². The van der Waals surface area contributed by atoms with Gasteiger partial charge in [0.25, 0.3) is 0 Å². The quantitative estimate of drug-likeness (QED) is 0.229. The number of alkyl halides is 3. The van der Waals surface area contributed by atoms with Crippen molar-refractivity contribution in [3.8, 4) is 0 Å². The van der Waals surface area contributed by atoms with Gasteiger partial charge < -0.3 is 30.7 Å². The molecule has 1 saturated heterocycles. The van der Waals surface area contributed by atoms with Gasteiger partial charge in [-0.05, 0) is 91.1 Å². The van der Waals surface area contributed by atoms with Crippen LogP contribution in [0.4, 0.5) is 24.5 Å². The molecule has 0 aromatic heterocycles. The maximum Gasteiger partial charge on any atom is 0.449 e. The van der Waals surface area contributed by atoms with Crippen LogP contribution < -0.4 is 21.3 Å². The van der Waals surface area contributed by atoms with Gasteiger partial charge in [0.05, 0.1) is 0 Å². The van der Waals surface area contributed by atoms with Crippen LogP contribution in [0.5, 0.6) is 0 Å². The van der Waals surface area contributed by atoms with Crippen molar-refractivity contribution < 1.29 is 29.6 Å². The number of rotatable bonds is 4. The summed E-state index contributed by atoms with van der Waals surface area (Å²) < 4.78 is 56.4. The van der Waals surface area contributed by atoms with Crippen LogP contribution >= 0.6 is 23.8 Å². The summed E-state index contributed by atoms with van der Waals surface area (Å²) in [6, 6.07) is 12.6. The largest absolute Gasteiger partial charge is 0.768 e. The van der Waals surface area contributed by atoms with E-state index in [1.54, 1.807) is 12.1 Å². The van der Waals surface area contributed by atoms with Gasteiger partial charge in [-0.25, -0.2) is 0 Å². The van der Waals surface area contributed by atoms with E-state index >= 15 is 0 Å². The SMILES string of the molecule is C[C@H](C(=O)N1CCN(c2ccc(S(=O)[O-])cc2)CC1)N1CCCc2cc(Cl)ccc21.NC(=S)N=C(N)C(F)(F)F.[HH].[HH]. The molecule has 0 aliphatic carbocycles. The Morgan fingerprint density at radius 1 is 1.12 bits per heavy atom. The summed E-state index contributed by atoms with van der Waals surface area (Å²) in [6.07, 6.45) is -2.64. The number of halogens is 4. The molecule has 2 aliphatic heterocycles. The van der Waals surface area contributed by atoms with Gasteiger partial charge in [-0.15, -0.1) is 0 Å². The highest BCUT2D eigenvalue weighted by Crippen LogP contribution is 2.31. The number of benzene rings is 2. The highest BCUT2D eigenvalue weighted by atomic mass is 35.5. The van der Waals surface area contributed by atoms with Crippen molar-refractivity contribution in [1.29, 1.82) is 0 Å². The zero-order chi connectivity index (χ0) is 29.6. The molecule has 0 spiro atoms. The van der Waals surface area contributed by atoms with E-state index in [0.29, 0.717) is 13.1 Å². The second-order valence-electron chi connectivity index (χ2n) is 9.12. The molecule has 2 aliphatic rings. The van der Waals surface area contributed by atoms with E-state index in [2.05, 4.69) is 38.5 Å². The summed E-state index contributed by atoms with van der Waals surface area (Å²) in [4.78, 5) is 22.4. The van der Waals surface area contributed by atoms with Crippen molar-refractivity contribution in [1.82, 2.24) is 4.90 Å². The molecule has 4 rings (SSSR count). The van der Waals surface area contributed by atoms with Gasteiger partial charge >= 0.3 is 6.18 Å². The molecule has 2 atom stereocenters. The summed E-state index contributed by atoms with van der Waals surface area (Å²) in [5.41, 5.74) is 12.4. The molecular weight excluding hydrogens is 589 g/mol. The van der Waals surface area contributed by atoms with Crippen molar-refractivity contribution in [2.24, 2.45) is 16.5 Å². The molecule has 222 valence electrons. The lowest BCUT2D eigenvalue weighted by Gasteiger charge is -2.41. The van der Waals surface area contributed by atoms with Crippen LogP contribution in [0.1, 0.15) is 21.8 Å². The molecule has 0 saturated carbocycles. The molecule has 1 fully saturated rings. The molecule has 0 radical (unpaired) electrons. The predicted molar refractivity (Wildman–Crippen MR) is 158 cm³/mol. The molecule has 0 bridgehead atoms. The third kappa shape index (κ3) is 8.29. The number of amides is 1. The standard InChI is InChI=1S/C22H26ClN3O3S.C3H4F3N3S.2H2/c1-16(26-10-2-3-17-15-18(23)4-9-21(17)26)22(27)25-13-11-24(12-14-25)19-5-7-20(8-6-19)30(28)29;4-3(5,6)1(7)9-2(8)10;;/h4-9,15-16H,2-3,10-14H2,1H3,(H,28,29);(H4,7,8,9,10);2*1H/p-1/t16-;;;/m1.../s1. The number of nitrogens with zero attached hydrogens (tertiary/aromatic N) is 4. The Hall–Kier alpha value is -2.94. The van der Waals surface area contributed by atoms with E-state index in [-0.39, 0.29) is 19.7 Å². The molecule has 9 nitrogen and oxygen atoms in total. The molecule has 2 heterocycles. The van der Waals surface area contributed by atoms with Gasteiger partial charge in [0.15, 0.2) is 5.11 Å². The number of aryl methyl sites for hydroxylation is 1. The molecular formula is C25H33ClF3N6O3S2-. The van der Waals surface area contributed by atoms with Crippen LogP contribution in [-0.4, -0.2) is 75.5 Å². The fourth-order valence-corrected chi connectivity index (χ4v) is 5.18. The molecule has 2 aromatic rings. The van der Waals surface area contributed by atoms with Crippen molar-refractivity contribution in [3.05, 3.63) is 53.1 Å². The van der Waals surface area contributed by atoms with Crippen LogP contribution in [0.15, 0.2) is 52.4 Å². The van der Waals surface area contributed by atoms with Crippen LogP contribution in [-0.2, 0) is 22.3 Å². The minimum atomic E-state index is -4.65. The Kier molecular flexibility index (Phi) is 10.8. The van der Waals surface area contributed by atoms with Crippen molar-refractivity contribution in [2.75, 3.05) is 42.5 Å². The van der Waals surface area contributed by atoms with Gasteiger partial charge in [0.1, 0.15) is 6.04 Å². The number of amidine groups is 1. The molecule has 15 heteroatoms. The van der Waals surface area contributed by atoms with Gasteiger partial charge in [0, 0.05) is 56.9 Å². The topological polar surface area (TPSA) is 131 Å². The first kappa shape index (κ1) is 31.6. The Morgan fingerprint density at radius 2 is 1.75 bits per heavy atom. The van der Waals surface area contributed by atoms with E-state index in [1.807, 2.05) is 42.2 Å². The number of piperazine rings is 1. The number of aliphatic imine (C=N–C) groups is 1. The Labute approximate surface area is 246 Å². The third-order valence-corrected chi connectivity index (χ3v) is 7.51. The minimum absolute atomic E-state index is 0. The normalized spacial score (nSPS) is 17.4. The number of hydrogen-bond acceptors (Lipinski definition) is 6. The Morgan fingerprint density at radius 3 is 2.27 bits per heavy atom. The first-order valence-corrected chi connectivity index (χ1v) is 14.1. The Balaban J connectivity index is 0.000000637.